The van der Waals surface area contributed by atoms with Crippen LogP contribution >= 0.6 is 17.0 Å². The molecule has 0 bridgehead atoms. The molecule has 11 heavy (non-hydrogen) atoms. The first-order chi connectivity index (χ1) is 4.84. The van der Waals surface area contributed by atoms with Gasteiger partial charge in [0.15, 0.2) is 5.78 Å². The maximum atomic E-state index is 11.0. The molecule has 1 aromatic heterocycles. The van der Waals surface area contributed by atoms with Crippen LogP contribution in [0.4, 0.5) is 0 Å². The van der Waals surface area contributed by atoms with E-state index in [1.54, 1.807) is 24.5 Å². The molecule has 0 N–H and O–H groups in total. The average molecular weight is 216 g/mol. The monoisotopic (exact) mass is 215 g/mol. The number of Topliss-reactive ketones (excluding diaryl/α,β-unsaturated/α-hetero) is 1. The Morgan fingerprint density at radius 2 is 2.36 bits per heavy atom. The standard InChI is InChI=1S/C8H9NO.BrH/c1-2-8(10)7-4-3-5-9-6-7;/h3-6H,2H2,1H3;1H. The van der Waals surface area contributed by atoms with Gasteiger partial charge in [0.2, 0.25) is 0 Å². The van der Waals surface area contributed by atoms with Gasteiger partial charge in [-0.15, -0.1) is 17.0 Å². The van der Waals surface area contributed by atoms with E-state index in [1.807, 2.05) is 6.92 Å². The summed E-state index contributed by atoms with van der Waals surface area (Å²) in [5.74, 6) is 0.146. The van der Waals surface area contributed by atoms with Crippen molar-refractivity contribution in [3.05, 3.63) is 30.1 Å². The summed E-state index contributed by atoms with van der Waals surface area (Å²) in [5, 5.41) is 0. The Morgan fingerprint density at radius 3 is 2.82 bits per heavy atom. The van der Waals surface area contributed by atoms with Crippen molar-refractivity contribution in [3.8, 4) is 0 Å². The number of ketones is 1. The molecule has 0 aromatic carbocycles. The summed E-state index contributed by atoms with van der Waals surface area (Å²) in [5.41, 5.74) is 0.699. The lowest BCUT2D eigenvalue weighted by Crippen LogP contribution is -1.95. The Kier molecular flexibility index (Phi) is 4.70. The van der Waals surface area contributed by atoms with Gasteiger partial charge in [0.1, 0.15) is 0 Å². The predicted molar refractivity (Wildman–Crippen MR) is 49.2 cm³/mol. The molecular weight excluding hydrogens is 206 g/mol. The van der Waals surface area contributed by atoms with E-state index in [4.69, 9.17) is 0 Å². The molecule has 2 nitrogen and oxygen atoms in total. The normalized spacial score (nSPS) is 8.45. The van der Waals surface area contributed by atoms with E-state index in [0.717, 1.165) is 0 Å². The third-order valence-electron chi connectivity index (χ3n) is 1.30. The second kappa shape index (κ2) is 5.02. The summed E-state index contributed by atoms with van der Waals surface area (Å²) in [6.07, 6.45) is 3.80. The molecule has 1 heterocycles. The zero-order valence-electron chi connectivity index (χ0n) is 6.28. The van der Waals surface area contributed by atoms with Crippen LogP contribution < -0.4 is 0 Å². The third-order valence-corrected chi connectivity index (χ3v) is 1.30. The molecule has 0 radical (unpaired) electrons. The van der Waals surface area contributed by atoms with Crippen LogP contribution in [0.15, 0.2) is 24.5 Å². The van der Waals surface area contributed by atoms with Gasteiger partial charge < -0.3 is 0 Å². The van der Waals surface area contributed by atoms with Crippen molar-refractivity contribution in [2.45, 2.75) is 13.3 Å². The molecule has 1 aromatic rings. The van der Waals surface area contributed by atoms with Gasteiger partial charge >= 0.3 is 0 Å². The van der Waals surface area contributed by atoms with Crippen molar-refractivity contribution in [1.29, 1.82) is 0 Å². The molecule has 0 unspecified atom stereocenters. The molecule has 0 spiro atoms. The molecule has 0 fully saturated rings. The van der Waals surface area contributed by atoms with E-state index < -0.39 is 0 Å². The van der Waals surface area contributed by atoms with E-state index in [0.29, 0.717) is 12.0 Å². The Bertz CT molecular complexity index is 223. The maximum absolute atomic E-state index is 11.0. The topological polar surface area (TPSA) is 30.0 Å². The number of rotatable bonds is 2. The van der Waals surface area contributed by atoms with Crippen LogP contribution in [0.5, 0.6) is 0 Å². The number of halogens is 1. The van der Waals surface area contributed by atoms with Gasteiger partial charge in [-0.3, -0.25) is 9.78 Å². The van der Waals surface area contributed by atoms with Crippen LogP contribution in [0.1, 0.15) is 23.7 Å². The minimum Gasteiger partial charge on any atom is -0.294 e. The van der Waals surface area contributed by atoms with Gasteiger partial charge in [-0.1, -0.05) is 6.92 Å². The summed E-state index contributed by atoms with van der Waals surface area (Å²) < 4.78 is 0. The highest BCUT2D eigenvalue weighted by Gasteiger charge is 1.99. The van der Waals surface area contributed by atoms with Crippen molar-refractivity contribution in [1.82, 2.24) is 4.98 Å². The van der Waals surface area contributed by atoms with Crippen LogP contribution in [-0.4, -0.2) is 10.8 Å². The van der Waals surface area contributed by atoms with Gasteiger partial charge in [0, 0.05) is 24.4 Å². The average Bonchev–Trinajstić information content (AvgIpc) is 2.05. The molecule has 0 atom stereocenters. The lowest BCUT2D eigenvalue weighted by molar-refractivity contribution is 0.0988. The molecule has 0 saturated heterocycles. The molecule has 3 heteroatoms. The fourth-order valence-electron chi connectivity index (χ4n) is 0.732. The van der Waals surface area contributed by atoms with Crippen LogP contribution in [0.3, 0.4) is 0 Å². The smallest absolute Gasteiger partial charge is 0.164 e. The summed E-state index contributed by atoms with van der Waals surface area (Å²) in [6, 6.07) is 3.54. The molecule has 0 aliphatic heterocycles. The first kappa shape index (κ1) is 10.3. The number of aromatic nitrogens is 1. The molecule has 0 amide bonds. The maximum Gasteiger partial charge on any atom is 0.164 e. The van der Waals surface area contributed by atoms with Crippen LogP contribution in [-0.2, 0) is 0 Å². The second-order valence-corrected chi connectivity index (χ2v) is 2.02. The Labute approximate surface area is 76.4 Å². The SMILES string of the molecule is Br.CCC(=O)c1cccnc1. The summed E-state index contributed by atoms with van der Waals surface area (Å²) in [6.45, 7) is 1.84. The van der Waals surface area contributed by atoms with E-state index in [2.05, 4.69) is 4.98 Å². The zero-order chi connectivity index (χ0) is 7.40. The number of carbonyl (C=O) groups is 1. The number of hydrogen-bond donors (Lipinski definition) is 0. The van der Waals surface area contributed by atoms with E-state index in [9.17, 15) is 4.79 Å². The predicted octanol–water partition coefficient (Wildman–Crippen LogP) is 2.25. The summed E-state index contributed by atoms with van der Waals surface area (Å²) >= 11 is 0. The van der Waals surface area contributed by atoms with Gasteiger partial charge in [-0.2, -0.15) is 0 Å². The Hall–Kier alpha value is -0.700. The van der Waals surface area contributed by atoms with Crippen LogP contribution in [0.2, 0.25) is 0 Å². The van der Waals surface area contributed by atoms with Crippen molar-refractivity contribution in [2.75, 3.05) is 0 Å². The van der Waals surface area contributed by atoms with Crippen molar-refractivity contribution >= 4 is 22.8 Å². The Morgan fingerprint density at radius 1 is 1.64 bits per heavy atom. The van der Waals surface area contributed by atoms with Crippen molar-refractivity contribution in [2.24, 2.45) is 0 Å². The van der Waals surface area contributed by atoms with Crippen LogP contribution in [0.25, 0.3) is 0 Å². The largest absolute Gasteiger partial charge is 0.294 e. The van der Waals surface area contributed by atoms with Gasteiger partial charge in [0.25, 0.3) is 0 Å². The third kappa shape index (κ3) is 2.80. The molecule has 0 aliphatic carbocycles. The highest BCUT2D eigenvalue weighted by atomic mass is 79.9. The van der Waals surface area contributed by atoms with Crippen molar-refractivity contribution < 1.29 is 4.79 Å². The van der Waals surface area contributed by atoms with Gasteiger partial charge in [-0.05, 0) is 12.1 Å². The second-order valence-electron chi connectivity index (χ2n) is 2.02. The lowest BCUT2D eigenvalue weighted by Gasteiger charge is -1.92. The van der Waals surface area contributed by atoms with Gasteiger partial charge in [-0.25, -0.2) is 0 Å². The van der Waals surface area contributed by atoms with Gasteiger partial charge in [0.05, 0.1) is 0 Å². The number of carbonyl (C=O) groups excluding carboxylic acids is 1. The van der Waals surface area contributed by atoms with E-state index in [1.165, 1.54) is 0 Å². The summed E-state index contributed by atoms with van der Waals surface area (Å²) in [7, 11) is 0. The zero-order valence-corrected chi connectivity index (χ0v) is 7.99. The van der Waals surface area contributed by atoms with Crippen LogP contribution in [0, 0.1) is 0 Å². The number of pyridine rings is 1. The molecule has 0 saturated carbocycles. The minimum atomic E-state index is 0. The highest BCUT2D eigenvalue weighted by molar-refractivity contribution is 8.93. The molecule has 60 valence electrons. The first-order valence-corrected chi connectivity index (χ1v) is 3.28. The molecular formula is C8H10BrNO. The Balaban J connectivity index is 0.000001000. The number of nitrogens with zero attached hydrogens (tertiary/aromatic N) is 1. The fraction of sp³-hybridized carbons (Fsp3) is 0.250. The molecule has 1 rings (SSSR count). The minimum absolute atomic E-state index is 0. The molecule has 0 aliphatic rings. The first-order valence-electron chi connectivity index (χ1n) is 3.28. The fourth-order valence-corrected chi connectivity index (χ4v) is 0.732. The quantitative estimate of drug-likeness (QED) is 0.709. The lowest BCUT2D eigenvalue weighted by atomic mass is 10.1. The van der Waals surface area contributed by atoms with Crippen molar-refractivity contribution in [3.63, 3.8) is 0 Å². The van der Waals surface area contributed by atoms with E-state index in [-0.39, 0.29) is 22.8 Å². The summed E-state index contributed by atoms with van der Waals surface area (Å²) in [4.78, 5) is 14.8. The number of hydrogen-bond acceptors (Lipinski definition) is 2. The van der Waals surface area contributed by atoms with E-state index >= 15 is 0 Å². The highest BCUT2D eigenvalue weighted by Crippen LogP contribution is 1.98.